The van der Waals surface area contributed by atoms with E-state index in [1.807, 2.05) is 6.07 Å². The number of benzene rings is 1. The molecule has 0 fully saturated rings. The van der Waals surface area contributed by atoms with E-state index < -0.39 is 0 Å². The van der Waals surface area contributed by atoms with Gasteiger partial charge in [0.25, 0.3) is 0 Å². The molecule has 1 rings (SSSR count). The van der Waals surface area contributed by atoms with E-state index in [0.717, 1.165) is 30.8 Å². The number of halogens is 1. The molecule has 0 aliphatic carbocycles. The van der Waals surface area contributed by atoms with Crippen LogP contribution in [0.1, 0.15) is 32.8 Å². The standard InChI is InChI=1S/C16H27FN2O/c1-5-13(3)19(6-2)16-14(8-7-9-15(16)17)12-18-10-11-20-4/h7-9,13,18H,5-6,10-12H2,1-4H3. The Morgan fingerprint density at radius 1 is 1.35 bits per heavy atom. The second-order valence-electron chi connectivity index (χ2n) is 4.96. The Bertz CT molecular complexity index is 398. The predicted octanol–water partition coefficient (Wildman–Crippen LogP) is 3.19. The number of anilines is 1. The van der Waals surface area contributed by atoms with Gasteiger partial charge in [-0.2, -0.15) is 0 Å². The van der Waals surface area contributed by atoms with Crippen molar-refractivity contribution in [2.24, 2.45) is 0 Å². The van der Waals surface area contributed by atoms with Gasteiger partial charge in [-0.3, -0.25) is 0 Å². The minimum Gasteiger partial charge on any atom is -0.383 e. The highest BCUT2D eigenvalue weighted by Gasteiger charge is 2.18. The van der Waals surface area contributed by atoms with Crippen LogP contribution in [0.15, 0.2) is 18.2 Å². The SMILES string of the molecule is CCC(C)N(CC)c1c(F)cccc1CNCCOC. The van der Waals surface area contributed by atoms with Gasteiger partial charge in [0.2, 0.25) is 0 Å². The summed E-state index contributed by atoms with van der Waals surface area (Å²) in [6, 6.07) is 5.63. The van der Waals surface area contributed by atoms with Crippen molar-refractivity contribution in [2.45, 2.75) is 39.8 Å². The van der Waals surface area contributed by atoms with Crippen molar-refractivity contribution in [1.29, 1.82) is 0 Å². The molecule has 0 heterocycles. The van der Waals surface area contributed by atoms with Crippen LogP contribution in [0.4, 0.5) is 10.1 Å². The van der Waals surface area contributed by atoms with E-state index in [4.69, 9.17) is 4.74 Å². The summed E-state index contributed by atoms with van der Waals surface area (Å²) < 4.78 is 19.3. The molecular formula is C16H27FN2O. The lowest BCUT2D eigenvalue weighted by Crippen LogP contribution is -2.34. The third-order valence-electron chi connectivity index (χ3n) is 3.62. The molecule has 0 spiro atoms. The van der Waals surface area contributed by atoms with E-state index in [1.54, 1.807) is 19.2 Å². The summed E-state index contributed by atoms with van der Waals surface area (Å²) in [7, 11) is 1.68. The lowest BCUT2D eigenvalue weighted by Gasteiger charge is -2.31. The summed E-state index contributed by atoms with van der Waals surface area (Å²) in [5.41, 5.74) is 1.73. The van der Waals surface area contributed by atoms with Crippen LogP contribution in [0, 0.1) is 5.82 Å². The normalized spacial score (nSPS) is 12.4. The molecule has 3 nitrogen and oxygen atoms in total. The third-order valence-corrected chi connectivity index (χ3v) is 3.62. The average molecular weight is 282 g/mol. The monoisotopic (exact) mass is 282 g/mol. The van der Waals surface area contributed by atoms with Crippen molar-refractivity contribution in [3.05, 3.63) is 29.6 Å². The summed E-state index contributed by atoms with van der Waals surface area (Å²) in [6.45, 7) is 9.23. The summed E-state index contributed by atoms with van der Waals surface area (Å²) >= 11 is 0. The first kappa shape index (κ1) is 16.9. The average Bonchev–Trinajstić information content (AvgIpc) is 2.46. The van der Waals surface area contributed by atoms with Gasteiger partial charge in [-0.25, -0.2) is 4.39 Å². The molecule has 0 saturated heterocycles. The molecule has 1 N–H and O–H groups in total. The number of hydrogen-bond acceptors (Lipinski definition) is 3. The first-order valence-electron chi connectivity index (χ1n) is 7.39. The molecule has 0 saturated carbocycles. The van der Waals surface area contributed by atoms with Crippen LogP contribution in [0.5, 0.6) is 0 Å². The van der Waals surface area contributed by atoms with Crippen molar-refractivity contribution in [3.8, 4) is 0 Å². The lowest BCUT2D eigenvalue weighted by atomic mass is 10.1. The van der Waals surface area contributed by atoms with Crippen LogP contribution in [0.25, 0.3) is 0 Å². The molecule has 0 radical (unpaired) electrons. The molecule has 0 aliphatic heterocycles. The van der Waals surface area contributed by atoms with E-state index in [-0.39, 0.29) is 5.82 Å². The van der Waals surface area contributed by atoms with Gasteiger partial charge in [0.05, 0.1) is 12.3 Å². The van der Waals surface area contributed by atoms with Gasteiger partial charge < -0.3 is 15.0 Å². The molecule has 1 aromatic rings. The van der Waals surface area contributed by atoms with Crippen LogP contribution in [0.2, 0.25) is 0 Å². The Morgan fingerprint density at radius 2 is 2.10 bits per heavy atom. The van der Waals surface area contributed by atoms with Crippen molar-refractivity contribution in [3.63, 3.8) is 0 Å². The largest absolute Gasteiger partial charge is 0.383 e. The Hall–Kier alpha value is -1.13. The maximum Gasteiger partial charge on any atom is 0.146 e. The minimum atomic E-state index is -0.141. The molecule has 114 valence electrons. The number of para-hydroxylation sites is 1. The fraction of sp³-hybridized carbons (Fsp3) is 0.625. The van der Waals surface area contributed by atoms with Crippen LogP contribution in [0.3, 0.4) is 0 Å². The minimum absolute atomic E-state index is 0.141. The summed E-state index contributed by atoms with van der Waals surface area (Å²) in [4.78, 5) is 2.14. The molecule has 0 aromatic heterocycles. The molecular weight excluding hydrogens is 255 g/mol. The number of hydrogen-bond donors (Lipinski definition) is 1. The molecule has 0 bridgehead atoms. The van der Waals surface area contributed by atoms with Gasteiger partial charge in [-0.1, -0.05) is 19.1 Å². The number of ether oxygens (including phenoxy) is 1. The fourth-order valence-corrected chi connectivity index (χ4v) is 2.33. The van der Waals surface area contributed by atoms with Gasteiger partial charge in [0, 0.05) is 32.8 Å². The van der Waals surface area contributed by atoms with E-state index in [2.05, 4.69) is 31.0 Å². The van der Waals surface area contributed by atoms with E-state index in [0.29, 0.717) is 19.2 Å². The van der Waals surface area contributed by atoms with Crippen molar-refractivity contribution < 1.29 is 9.13 Å². The highest BCUT2D eigenvalue weighted by atomic mass is 19.1. The Morgan fingerprint density at radius 3 is 2.70 bits per heavy atom. The molecule has 1 aromatic carbocycles. The van der Waals surface area contributed by atoms with Crippen LogP contribution in [-0.2, 0) is 11.3 Å². The molecule has 4 heteroatoms. The van der Waals surface area contributed by atoms with Gasteiger partial charge in [-0.15, -0.1) is 0 Å². The predicted molar refractivity (Wildman–Crippen MR) is 82.8 cm³/mol. The van der Waals surface area contributed by atoms with Gasteiger partial charge in [-0.05, 0) is 31.9 Å². The zero-order valence-electron chi connectivity index (χ0n) is 13.1. The zero-order valence-corrected chi connectivity index (χ0v) is 13.1. The molecule has 0 aliphatic rings. The van der Waals surface area contributed by atoms with Gasteiger partial charge >= 0.3 is 0 Å². The Labute approximate surface area is 122 Å². The summed E-state index contributed by atoms with van der Waals surface area (Å²) in [5, 5.41) is 3.29. The summed E-state index contributed by atoms with van der Waals surface area (Å²) in [6.07, 6.45) is 0.999. The topological polar surface area (TPSA) is 24.5 Å². The van der Waals surface area contributed by atoms with Crippen molar-refractivity contribution in [2.75, 3.05) is 31.7 Å². The Balaban J connectivity index is 2.91. The second kappa shape index (κ2) is 8.93. The molecule has 1 atom stereocenters. The maximum absolute atomic E-state index is 14.3. The van der Waals surface area contributed by atoms with Crippen LogP contribution >= 0.6 is 0 Å². The lowest BCUT2D eigenvalue weighted by molar-refractivity contribution is 0.199. The summed E-state index contributed by atoms with van der Waals surface area (Å²) in [5.74, 6) is -0.141. The van der Waals surface area contributed by atoms with Gasteiger partial charge in [0.15, 0.2) is 0 Å². The second-order valence-corrected chi connectivity index (χ2v) is 4.96. The maximum atomic E-state index is 14.3. The first-order valence-corrected chi connectivity index (χ1v) is 7.39. The van der Waals surface area contributed by atoms with E-state index in [9.17, 15) is 4.39 Å². The Kier molecular flexibility index (Phi) is 7.55. The van der Waals surface area contributed by atoms with Crippen LogP contribution in [-0.4, -0.2) is 32.8 Å². The quantitative estimate of drug-likeness (QED) is 0.704. The molecule has 0 amide bonds. The molecule has 1 unspecified atom stereocenters. The van der Waals surface area contributed by atoms with E-state index in [1.165, 1.54) is 0 Å². The van der Waals surface area contributed by atoms with Crippen molar-refractivity contribution in [1.82, 2.24) is 5.32 Å². The van der Waals surface area contributed by atoms with E-state index >= 15 is 0 Å². The fourth-order valence-electron chi connectivity index (χ4n) is 2.33. The van der Waals surface area contributed by atoms with Gasteiger partial charge in [0.1, 0.15) is 5.82 Å². The van der Waals surface area contributed by atoms with Crippen LogP contribution < -0.4 is 10.2 Å². The first-order chi connectivity index (χ1) is 9.65. The number of methoxy groups -OCH3 is 1. The highest BCUT2D eigenvalue weighted by Crippen LogP contribution is 2.27. The smallest absolute Gasteiger partial charge is 0.146 e. The van der Waals surface area contributed by atoms with Crippen molar-refractivity contribution >= 4 is 5.69 Å². The number of rotatable bonds is 9. The number of nitrogens with zero attached hydrogens (tertiary/aromatic N) is 1. The molecule has 20 heavy (non-hydrogen) atoms. The number of nitrogens with one attached hydrogen (secondary N) is 1. The highest BCUT2D eigenvalue weighted by molar-refractivity contribution is 5.55. The zero-order chi connectivity index (χ0) is 15.0. The third kappa shape index (κ3) is 4.46.